The maximum Gasteiger partial charge on any atom is 0.0887 e. The molecule has 0 saturated heterocycles. The lowest BCUT2D eigenvalue weighted by atomic mass is 9.94. The van der Waals surface area contributed by atoms with Gasteiger partial charge in [-0.1, -0.05) is 38.3 Å². The van der Waals surface area contributed by atoms with Gasteiger partial charge in [-0.3, -0.25) is 0 Å². The van der Waals surface area contributed by atoms with Gasteiger partial charge in [-0.05, 0) is 27.9 Å². The third-order valence-electron chi connectivity index (χ3n) is 2.55. The van der Waals surface area contributed by atoms with Crippen LogP contribution in [0.1, 0.15) is 37.6 Å². The number of hydrogen-bond acceptors (Lipinski definition) is 2. The molecule has 4 heteroatoms. The summed E-state index contributed by atoms with van der Waals surface area (Å²) in [5, 5.41) is 0.770. The lowest BCUT2D eigenvalue weighted by Gasteiger charge is -2.19. The molecule has 0 aliphatic carbocycles. The number of hydrogen-bond donors (Lipinski definition) is 1. The molecule has 80 valence electrons. The largest absolute Gasteiger partial charge is 0.323 e. The second-order valence-corrected chi connectivity index (χ2v) is 6.18. The van der Waals surface area contributed by atoms with Crippen LogP contribution >= 0.6 is 38.9 Å². The highest BCUT2D eigenvalue weighted by Gasteiger charge is 2.19. The van der Waals surface area contributed by atoms with Gasteiger partial charge in [0.05, 0.1) is 8.81 Å². The summed E-state index contributed by atoms with van der Waals surface area (Å²) in [5.41, 5.74) is 6.17. The minimum absolute atomic E-state index is 0.124. The van der Waals surface area contributed by atoms with Crippen molar-refractivity contribution < 1.29 is 0 Å². The van der Waals surface area contributed by atoms with Gasteiger partial charge in [0.2, 0.25) is 0 Å². The zero-order chi connectivity index (χ0) is 10.7. The summed E-state index contributed by atoms with van der Waals surface area (Å²) in [6, 6.07) is 2.10. The number of thiophene rings is 1. The van der Waals surface area contributed by atoms with Crippen molar-refractivity contribution in [3.63, 3.8) is 0 Å². The Labute approximate surface area is 103 Å². The van der Waals surface area contributed by atoms with Gasteiger partial charge < -0.3 is 5.73 Å². The smallest absolute Gasteiger partial charge is 0.0887 e. The molecule has 0 aliphatic rings. The first kappa shape index (κ1) is 12.5. The van der Waals surface area contributed by atoms with Gasteiger partial charge >= 0.3 is 0 Å². The Morgan fingerprint density at radius 1 is 1.50 bits per heavy atom. The van der Waals surface area contributed by atoms with Crippen LogP contribution in [0.4, 0.5) is 0 Å². The van der Waals surface area contributed by atoms with Crippen molar-refractivity contribution in [2.45, 2.75) is 32.7 Å². The van der Waals surface area contributed by atoms with Crippen molar-refractivity contribution in [3.05, 3.63) is 19.8 Å². The van der Waals surface area contributed by atoms with E-state index in [-0.39, 0.29) is 6.04 Å². The van der Waals surface area contributed by atoms with E-state index < -0.39 is 0 Å². The summed E-state index contributed by atoms with van der Waals surface area (Å²) < 4.78 is 0.982. The highest BCUT2D eigenvalue weighted by molar-refractivity contribution is 9.11. The van der Waals surface area contributed by atoms with Crippen LogP contribution < -0.4 is 5.73 Å². The van der Waals surface area contributed by atoms with Crippen LogP contribution in [0.25, 0.3) is 0 Å². The first-order valence-electron chi connectivity index (χ1n) is 4.80. The van der Waals surface area contributed by atoms with Crippen LogP contribution in [-0.4, -0.2) is 0 Å². The molecule has 1 heterocycles. The van der Waals surface area contributed by atoms with Crippen LogP contribution in [0.15, 0.2) is 9.85 Å². The molecule has 1 rings (SSSR count). The molecule has 0 aromatic carbocycles. The number of rotatable bonds is 4. The van der Waals surface area contributed by atoms with E-state index in [4.69, 9.17) is 17.3 Å². The number of halogens is 2. The summed E-state index contributed by atoms with van der Waals surface area (Å²) in [6.45, 7) is 4.36. The Morgan fingerprint density at radius 3 is 2.43 bits per heavy atom. The molecule has 1 unspecified atom stereocenters. The SMILES string of the molecule is CCC(CC)C(N)c1cc(Cl)c(Br)s1. The summed E-state index contributed by atoms with van der Waals surface area (Å²) in [7, 11) is 0. The van der Waals surface area contributed by atoms with Gasteiger partial charge in [-0.25, -0.2) is 0 Å². The van der Waals surface area contributed by atoms with E-state index in [9.17, 15) is 0 Å². The summed E-state index contributed by atoms with van der Waals surface area (Å²) in [4.78, 5) is 1.18. The highest BCUT2D eigenvalue weighted by atomic mass is 79.9. The topological polar surface area (TPSA) is 26.0 Å². The predicted molar refractivity (Wildman–Crippen MR) is 68.0 cm³/mol. The second-order valence-electron chi connectivity index (χ2n) is 3.37. The van der Waals surface area contributed by atoms with Gasteiger partial charge in [0, 0.05) is 10.9 Å². The molecule has 1 aromatic heterocycles. The zero-order valence-electron chi connectivity index (χ0n) is 8.39. The van der Waals surface area contributed by atoms with Crippen molar-refractivity contribution in [2.75, 3.05) is 0 Å². The van der Waals surface area contributed by atoms with E-state index in [0.717, 1.165) is 21.7 Å². The van der Waals surface area contributed by atoms with Gasteiger partial charge in [0.15, 0.2) is 0 Å². The zero-order valence-corrected chi connectivity index (χ0v) is 11.5. The standard InChI is InChI=1S/C10H15BrClNS/c1-3-6(4-2)9(13)8-5-7(12)10(11)14-8/h5-6,9H,3-4,13H2,1-2H3. The lowest BCUT2D eigenvalue weighted by molar-refractivity contribution is 0.410. The average molecular weight is 297 g/mol. The molecule has 1 aromatic rings. The summed E-state index contributed by atoms with van der Waals surface area (Å²) >= 11 is 11.0. The minimum atomic E-state index is 0.124. The Bertz CT molecular complexity index is 277. The lowest BCUT2D eigenvalue weighted by Crippen LogP contribution is -2.19. The molecule has 0 bridgehead atoms. The molecule has 0 radical (unpaired) electrons. The van der Waals surface area contributed by atoms with Crippen molar-refractivity contribution in [1.82, 2.24) is 0 Å². The normalized spacial score (nSPS) is 13.6. The van der Waals surface area contributed by atoms with Gasteiger partial charge in [0.1, 0.15) is 0 Å². The Kier molecular flexibility index (Phi) is 4.91. The van der Waals surface area contributed by atoms with Crippen molar-refractivity contribution >= 4 is 38.9 Å². The van der Waals surface area contributed by atoms with E-state index in [1.165, 1.54) is 4.88 Å². The van der Waals surface area contributed by atoms with Gasteiger partial charge in [-0.2, -0.15) is 0 Å². The third-order valence-corrected chi connectivity index (χ3v) is 5.13. The molecule has 2 N–H and O–H groups in total. The van der Waals surface area contributed by atoms with Crippen LogP contribution in [0.2, 0.25) is 5.02 Å². The van der Waals surface area contributed by atoms with Crippen LogP contribution in [0, 0.1) is 5.92 Å². The number of nitrogens with two attached hydrogens (primary N) is 1. The van der Waals surface area contributed by atoms with E-state index in [0.29, 0.717) is 5.92 Å². The Morgan fingerprint density at radius 2 is 2.07 bits per heavy atom. The van der Waals surface area contributed by atoms with E-state index in [1.807, 2.05) is 6.07 Å². The monoisotopic (exact) mass is 295 g/mol. The molecule has 0 spiro atoms. The first-order valence-corrected chi connectivity index (χ1v) is 6.79. The molecule has 1 nitrogen and oxygen atoms in total. The molecule has 0 fully saturated rings. The fourth-order valence-corrected chi connectivity index (χ4v) is 3.40. The van der Waals surface area contributed by atoms with Crippen LogP contribution in [-0.2, 0) is 0 Å². The Balaban J connectivity index is 2.82. The maximum atomic E-state index is 6.17. The van der Waals surface area contributed by atoms with Crippen molar-refractivity contribution in [2.24, 2.45) is 11.7 Å². The average Bonchev–Trinajstić information content (AvgIpc) is 2.49. The maximum absolute atomic E-state index is 6.17. The quantitative estimate of drug-likeness (QED) is 0.863. The molecule has 1 atom stereocenters. The molecular formula is C10H15BrClNS. The second kappa shape index (κ2) is 5.50. The minimum Gasteiger partial charge on any atom is -0.323 e. The molecule has 0 saturated carbocycles. The highest BCUT2D eigenvalue weighted by Crippen LogP contribution is 2.37. The fraction of sp³-hybridized carbons (Fsp3) is 0.600. The fourth-order valence-electron chi connectivity index (χ4n) is 1.56. The molecular weight excluding hydrogens is 282 g/mol. The molecule has 14 heavy (non-hydrogen) atoms. The Hall–Kier alpha value is 0.430. The van der Waals surface area contributed by atoms with Crippen molar-refractivity contribution in [1.29, 1.82) is 0 Å². The third kappa shape index (κ3) is 2.72. The van der Waals surface area contributed by atoms with Crippen LogP contribution in [0.5, 0.6) is 0 Å². The molecule has 0 amide bonds. The van der Waals surface area contributed by atoms with Gasteiger partial charge in [-0.15, -0.1) is 11.3 Å². The summed E-state index contributed by atoms with van der Waals surface area (Å²) in [6.07, 6.45) is 2.23. The van der Waals surface area contributed by atoms with Crippen molar-refractivity contribution in [3.8, 4) is 0 Å². The van der Waals surface area contributed by atoms with Crippen LogP contribution in [0.3, 0.4) is 0 Å². The van der Waals surface area contributed by atoms with Gasteiger partial charge in [0.25, 0.3) is 0 Å². The predicted octanol–water partition coefficient (Wildman–Crippen LogP) is 4.60. The molecule has 0 aliphatic heterocycles. The van der Waals surface area contributed by atoms with E-state index in [1.54, 1.807) is 11.3 Å². The summed E-state index contributed by atoms with van der Waals surface area (Å²) in [5.74, 6) is 0.552. The first-order chi connectivity index (χ1) is 6.60. The van der Waals surface area contributed by atoms with E-state index >= 15 is 0 Å². The van der Waals surface area contributed by atoms with E-state index in [2.05, 4.69) is 29.8 Å².